The number of nitrogens with one attached hydrogen (secondary N) is 1. The van der Waals surface area contributed by atoms with Crippen molar-refractivity contribution in [3.8, 4) is 5.75 Å². The normalized spacial score (nSPS) is 14.4. The molecule has 4 aromatic rings. The number of sulfonamides is 1. The zero-order valence-electron chi connectivity index (χ0n) is 16.8. The summed E-state index contributed by atoms with van der Waals surface area (Å²) in [7, 11) is -4.04. The van der Waals surface area contributed by atoms with Gasteiger partial charge in [0.15, 0.2) is 5.84 Å². The number of hydrogen-bond donors (Lipinski definition) is 2. The van der Waals surface area contributed by atoms with Gasteiger partial charge in [-0.2, -0.15) is 8.42 Å². The first-order valence-corrected chi connectivity index (χ1v) is 11.4. The number of rotatable bonds is 4. The highest BCUT2D eigenvalue weighted by molar-refractivity contribution is 7.90. The molecule has 1 aliphatic heterocycles. The number of pyridine rings is 2. The molecule has 1 aliphatic rings. The summed E-state index contributed by atoms with van der Waals surface area (Å²) in [5.74, 6) is -0.583. The van der Waals surface area contributed by atoms with Crippen molar-refractivity contribution in [3.63, 3.8) is 0 Å². The van der Waals surface area contributed by atoms with E-state index in [9.17, 15) is 18.3 Å². The summed E-state index contributed by atoms with van der Waals surface area (Å²) in [5, 5.41) is 14.2. The Morgan fingerprint density at radius 3 is 2.53 bits per heavy atom. The summed E-state index contributed by atoms with van der Waals surface area (Å²) in [5.41, 5.74) is 0.845. The Labute approximate surface area is 183 Å². The van der Waals surface area contributed by atoms with Crippen LogP contribution >= 0.6 is 0 Å². The third-order valence-electron chi connectivity index (χ3n) is 5.33. The van der Waals surface area contributed by atoms with E-state index >= 15 is 0 Å². The summed E-state index contributed by atoms with van der Waals surface area (Å²) < 4.78 is 30.7. The maximum atomic E-state index is 13.5. The summed E-state index contributed by atoms with van der Waals surface area (Å²) >= 11 is 0. The second kappa shape index (κ2) is 7.61. The molecule has 2 aromatic heterocycles. The Hall–Kier alpha value is -3.98. The molecule has 0 saturated carbocycles. The monoisotopic (exact) mass is 446 g/mol. The molecule has 0 atom stereocenters. The Morgan fingerprint density at radius 2 is 1.72 bits per heavy atom. The zero-order chi connectivity index (χ0) is 22.3. The molecule has 8 nitrogen and oxygen atoms in total. The largest absolute Gasteiger partial charge is 0.506 e. The fourth-order valence-electron chi connectivity index (χ4n) is 3.79. The van der Waals surface area contributed by atoms with Crippen LogP contribution in [0.5, 0.6) is 5.75 Å². The van der Waals surface area contributed by atoms with Crippen LogP contribution < -0.4 is 10.9 Å². The number of anilines is 1. The quantitative estimate of drug-likeness (QED) is 0.498. The van der Waals surface area contributed by atoms with Gasteiger partial charge >= 0.3 is 0 Å². The number of aromatic nitrogens is 2. The zero-order valence-corrected chi connectivity index (χ0v) is 17.6. The second-order valence-electron chi connectivity index (χ2n) is 7.33. The fraction of sp³-hybridized carbons (Fsp3) is 0.0870. The van der Waals surface area contributed by atoms with E-state index in [2.05, 4.69) is 14.7 Å². The first-order valence-electron chi connectivity index (χ1n) is 9.91. The molecule has 5 rings (SSSR count). The Kier molecular flexibility index (Phi) is 4.75. The highest BCUT2D eigenvalue weighted by Crippen LogP contribution is 2.31. The minimum absolute atomic E-state index is 0.00935. The summed E-state index contributed by atoms with van der Waals surface area (Å²) in [6.07, 6.45) is 2.09. The average Bonchev–Trinajstić information content (AvgIpc) is 2.79. The topological polar surface area (TPSA) is 114 Å². The van der Waals surface area contributed by atoms with Crippen LogP contribution in [0.4, 0.5) is 5.69 Å². The van der Waals surface area contributed by atoms with Crippen LogP contribution in [0.25, 0.3) is 11.0 Å². The maximum Gasteiger partial charge on any atom is 0.286 e. The van der Waals surface area contributed by atoms with Crippen LogP contribution in [-0.4, -0.2) is 28.9 Å². The smallest absolute Gasteiger partial charge is 0.286 e. The number of aryl methyl sites for hydroxylation is 2. The van der Waals surface area contributed by atoms with Gasteiger partial charge in [-0.3, -0.25) is 9.36 Å². The summed E-state index contributed by atoms with van der Waals surface area (Å²) in [4.78, 5) is 17.8. The Balaban J connectivity index is 1.69. The Morgan fingerprint density at radius 1 is 0.969 bits per heavy atom. The van der Waals surface area contributed by atoms with Gasteiger partial charge in [0.1, 0.15) is 21.9 Å². The molecular weight excluding hydrogens is 428 g/mol. The van der Waals surface area contributed by atoms with E-state index in [1.165, 1.54) is 16.8 Å². The standard InChI is InChI=1S/C23H18N4O4S/c28-20-16-9-6-13-24-22(16)27(14-12-15-7-2-1-3-8-15)23(29)19(20)21-25-17-10-4-5-11-18(17)32(30,31)26-21/h1-11,13,28H,12,14H2,(H,25,26). The third kappa shape index (κ3) is 3.32. The third-order valence-corrected chi connectivity index (χ3v) is 6.66. The van der Waals surface area contributed by atoms with Gasteiger partial charge in [0, 0.05) is 12.7 Å². The van der Waals surface area contributed by atoms with E-state index in [0.717, 1.165) is 5.56 Å². The molecule has 0 amide bonds. The number of benzene rings is 2. The minimum atomic E-state index is -4.04. The van der Waals surface area contributed by atoms with Crippen LogP contribution in [0.3, 0.4) is 0 Å². The van der Waals surface area contributed by atoms with Gasteiger partial charge in [-0.15, -0.1) is 4.40 Å². The molecule has 0 bridgehead atoms. The van der Waals surface area contributed by atoms with Gasteiger partial charge in [0.25, 0.3) is 15.6 Å². The van der Waals surface area contributed by atoms with Gasteiger partial charge in [-0.25, -0.2) is 4.98 Å². The number of nitrogens with zero attached hydrogens (tertiary/aromatic N) is 3. The molecule has 0 aliphatic carbocycles. The van der Waals surface area contributed by atoms with Crippen molar-refractivity contribution in [3.05, 3.63) is 94.4 Å². The van der Waals surface area contributed by atoms with Crippen molar-refractivity contribution in [2.45, 2.75) is 17.9 Å². The SMILES string of the molecule is O=c1c(C2=NS(=O)(=O)c3ccccc3N2)c(O)c2cccnc2n1CCc1ccccc1. The molecule has 0 radical (unpaired) electrons. The molecule has 3 heterocycles. The molecular formula is C23H18N4O4S. The van der Waals surface area contributed by atoms with E-state index in [1.54, 1.807) is 30.3 Å². The molecule has 2 aromatic carbocycles. The molecule has 2 N–H and O–H groups in total. The number of hydrogen-bond acceptors (Lipinski definition) is 6. The van der Waals surface area contributed by atoms with Gasteiger partial charge < -0.3 is 10.4 Å². The highest BCUT2D eigenvalue weighted by Gasteiger charge is 2.29. The predicted molar refractivity (Wildman–Crippen MR) is 122 cm³/mol. The predicted octanol–water partition coefficient (Wildman–Crippen LogP) is 2.91. The number of para-hydroxylation sites is 1. The van der Waals surface area contributed by atoms with Crippen molar-refractivity contribution in [2.24, 2.45) is 4.40 Å². The van der Waals surface area contributed by atoms with Crippen molar-refractivity contribution in [1.29, 1.82) is 0 Å². The first-order chi connectivity index (χ1) is 15.5. The van der Waals surface area contributed by atoms with Crippen LogP contribution in [0, 0.1) is 0 Å². The van der Waals surface area contributed by atoms with E-state index in [0.29, 0.717) is 29.7 Å². The number of amidine groups is 1. The highest BCUT2D eigenvalue weighted by atomic mass is 32.2. The Bertz CT molecular complexity index is 1540. The maximum absolute atomic E-state index is 13.5. The van der Waals surface area contributed by atoms with Crippen molar-refractivity contribution >= 4 is 32.6 Å². The number of aromatic hydroxyl groups is 1. The average molecular weight is 446 g/mol. The van der Waals surface area contributed by atoms with Gasteiger partial charge in [0.05, 0.1) is 11.1 Å². The van der Waals surface area contributed by atoms with Crippen LogP contribution in [0.15, 0.2) is 87.0 Å². The van der Waals surface area contributed by atoms with Gasteiger partial charge in [-0.05, 0) is 36.2 Å². The lowest BCUT2D eigenvalue weighted by Crippen LogP contribution is -2.33. The second-order valence-corrected chi connectivity index (χ2v) is 8.90. The molecule has 0 saturated heterocycles. The molecule has 0 fully saturated rings. The lowest BCUT2D eigenvalue weighted by atomic mass is 10.1. The number of fused-ring (bicyclic) bond motifs is 2. The fourth-order valence-corrected chi connectivity index (χ4v) is 4.92. The van der Waals surface area contributed by atoms with E-state index < -0.39 is 15.6 Å². The molecule has 32 heavy (non-hydrogen) atoms. The van der Waals surface area contributed by atoms with Crippen molar-refractivity contribution in [1.82, 2.24) is 9.55 Å². The van der Waals surface area contributed by atoms with Crippen LogP contribution in [0.1, 0.15) is 11.1 Å². The summed E-state index contributed by atoms with van der Waals surface area (Å²) in [6, 6.07) is 19.2. The summed E-state index contributed by atoms with van der Waals surface area (Å²) in [6.45, 7) is 0.292. The van der Waals surface area contributed by atoms with E-state index in [-0.39, 0.29) is 22.0 Å². The van der Waals surface area contributed by atoms with Gasteiger partial charge in [-0.1, -0.05) is 42.5 Å². The minimum Gasteiger partial charge on any atom is -0.506 e. The van der Waals surface area contributed by atoms with Gasteiger partial charge in [0.2, 0.25) is 0 Å². The molecule has 0 spiro atoms. The lowest BCUT2D eigenvalue weighted by Gasteiger charge is -2.20. The lowest BCUT2D eigenvalue weighted by molar-refractivity contribution is 0.477. The van der Waals surface area contributed by atoms with Crippen molar-refractivity contribution < 1.29 is 13.5 Å². The van der Waals surface area contributed by atoms with E-state index in [4.69, 9.17) is 0 Å². The molecule has 0 unspecified atom stereocenters. The van der Waals surface area contributed by atoms with Crippen molar-refractivity contribution in [2.75, 3.05) is 5.32 Å². The first kappa shape index (κ1) is 20.0. The van der Waals surface area contributed by atoms with E-state index in [1.807, 2.05) is 30.3 Å². The van der Waals surface area contributed by atoms with Crippen LogP contribution in [0.2, 0.25) is 0 Å². The molecule has 160 valence electrons. The molecule has 9 heteroatoms. The van der Waals surface area contributed by atoms with Crippen LogP contribution in [-0.2, 0) is 23.0 Å².